The number of pyridine rings is 1. The zero-order chi connectivity index (χ0) is 28.4. The number of aryl methyl sites for hydroxylation is 1. The third-order valence-corrected chi connectivity index (χ3v) is 7.37. The Morgan fingerprint density at radius 2 is 1.43 bits per heavy atom. The Bertz CT molecular complexity index is 1230. The van der Waals surface area contributed by atoms with Crippen LogP contribution in [0.4, 0.5) is 0 Å². The number of esters is 1. The van der Waals surface area contributed by atoms with E-state index < -0.39 is 0 Å². The molecule has 3 aromatic rings. The van der Waals surface area contributed by atoms with E-state index in [1.807, 2.05) is 53.1 Å². The van der Waals surface area contributed by atoms with E-state index in [9.17, 15) is 9.59 Å². The number of carbonyl (C=O) groups is 1. The number of para-hydroxylation sites is 1. The van der Waals surface area contributed by atoms with Crippen LogP contribution in [-0.2, 0) is 16.1 Å². The van der Waals surface area contributed by atoms with Gasteiger partial charge in [-0.3, -0.25) is 4.79 Å². The molecule has 1 aromatic heterocycles. The summed E-state index contributed by atoms with van der Waals surface area (Å²) in [5.74, 6) is 0.525. The maximum absolute atomic E-state index is 13.4. The minimum atomic E-state index is -0.329. The normalized spacial score (nSPS) is 11.0. The van der Waals surface area contributed by atoms with Crippen molar-refractivity contribution in [2.45, 2.75) is 96.9 Å². The van der Waals surface area contributed by atoms with Crippen molar-refractivity contribution in [1.82, 2.24) is 4.57 Å². The number of unbranched alkanes of at least 4 members (excludes halogenated alkanes) is 11. The number of benzene rings is 2. The number of fused-ring (bicyclic) bond motifs is 1. The number of hydrogen-bond acceptors (Lipinski definition) is 4. The second-order valence-electron chi connectivity index (χ2n) is 10.6. The highest BCUT2D eigenvalue weighted by molar-refractivity contribution is 5.84. The summed E-state index contributed by atoms with van der Waals surface area (Å²) in [6.45, 7) is 7.55. The topological polar surface area (TPSA) is 57.5 Å². The molecule has 216 valence electrons. The average Bonchev–Trinajstić information content (AvgIpc) is 2.98. The van der Waals surface area contributed by atoms with E-state index in [1.165, 1.54) is 51.0 Å². The summed E-state index contributed by atoms with van der Waals surface area (Å²) < 4.78 is 12.9. The SMILES string of the molecule is C=CC(=O)OCCCCCCCCCCCCOc1ccc(-c2cc3ccccc3n(CCCCC)c2=O)cc1. The van der Waals surface area contributed by atoms with Gasteiger partial charge in [0.15, 0.2) is 0 Å². The molecule has 0 aliphatic rings. The lowest BCUT2D eigenvalue weighted by atomic mass is 10.0. The fourth-order valence-electron chi connectivity index (χ4n) is 5.05. The van der Waals surface area contributed by atoms with E-state index in [2.05, 4.69) is 19.6 Å². The Labute approximate surface area is 240 Å². The Kier molecular flexibility index (Phi) is 14.1. The van der Waals surface area contributed by atoms with Gasteiger partial charge in [-0.15, -0.1) is 0 Å². The largest absolute Gasteiger partial charge is 0.494 e. The molecule has 5 heteroatoms. The van der Waals surface area contributed by atoms with Crippen molar-refractivity contribution in [3.05, 3.63) is 77.6 Å². The van der Waals surface area contributed by atoms with Gasteiger partial charge in [0, 0.05) is 18.2 Å². The molecule has 0 N–H and O–H groups in total. The van der Waals surface area contributed by atoms with Crippen LogP contribution in [0.15, 0.2) is 72.0 Å². The van der Waals surface area contributed by atoms with Crippen LogP contribution in [0.1, 0.15) is 90.4 Å². The number of hydrogen-bond donors (Lipinski definition) is 0. The van der Waals surface area contributed by atoms with Crippen LogP contribution >= 0.6 is 0 Å². The zero-order valence-electron chi connectivity index (χ0n) is 24.4. The molecule has 0 unspecified atom stereocenters. The summed E-state index contributed by atoms with van der Waals surface area (Å²) in [6.07, 6.45) is 16.3. The first-order valence-corrected chi connectivity index (χ1v) is 15.3. The quantitative estimate of drug-likeness (QED) is 0.0808. The van der Waals surface area contributed by atoms with E-state index in [4.69, 9.17) is 9.47 Å². The van der Waals surface area contributed by atoms with Gasteiger partial charge in [0.05, 0.1) is 18.7 Å². The molecule has 3 rings (SSSR count). The van der Waals surface area contributed by atoms with Gasteiger partial charge >= 0.3 is 5.97 Å². The van der Waals surface area contributed by atoms with Gasteiger partial charge in [-0.1, -0.05) is 108 Å². The standard InChI is InChI=1S/C35H47NO4/c1-3-5-16-25-36-33-20-15-14-19-30(33)28-32(35(36)38)29-21-23-31(24-22-29)39-26-17-12-10-8-6-7-9-11-13-18-27-40-34(37)4-2/h4,14-15,19-24,28H,2-3,5-13,16-18,25-27H2,1H3. The summed E-state index contributed by atoms with van der Waals surface area (Å²) >= 11 is 0. The first-order chi connectivity index (χ1) is 19.6. The fourth-order valence-corrected chi connectivity index (χ4v) is 5.05. The van der Waals surface area contributed by atoms with Crippen molar-refractivity contribution in [3.8, 4) is 16.9 Å². The van der Waals surface area contributed by atoms with Crippen molar-refractivity contribution in [3.63, 3.8) is 0 Å². The second-order valence-corrected chi connectivity index (χ2v) is 10.6. The van der Waals surface area contributed by atoms with Crippen LogP contribution in [0, 0.1) is 0 Å². The Morgan fingerprint density at radius 3 is 2.08 bits per heavy atom. The van der Waals surface area contributed by atoms with Gasteiger partial charge in [0.2, 0.25) is 0 Å². The summed E-state index contributed by atoms with van der Waals surface area (Å²) in [5.41, 5.74) is 2.77. The molecule has 0 spiro atoms. The molecule has 0 bridgehead atoms. The van der Waals surface area contributed by atoms with Crippen LogP contribution in [0.5, 0.6) is 5.75 Å². The first kappa shape index (κ1) is 31.2. The molecule has 2 aromatic carbocycles. The Hall–Kier alpha value is -3.34. The van der Waals surface area contributed by atoms with Gasteiger partial charge in [0.1, 0.15) is 5.75 Å². The molecule has 0 saturated heterocycles. The van der Waals surface area contributed by atoms with Crippen LogP contribution in [-0.4, -0.2) is 23.8 Å². The van der Waals surface area contributed by atoms with Crippen LogP contribution < -0.4 is 10.3 Å². The fraction of sp³-hybridized carbons (Fsp3) is 0.486. The predicted octanol–water partition coefficient (Wildman–Crippen LogP) is 8.87. The second kappa shape index (κ2) is 18.1. The van der Waals surface area contributed by atoms with Gasteiger partial charge < -0.3 is 14.0 Å². The van der Waals surface area contributed by atoms with Gasteiger partial charge in [-0.25, -0.2) is 4.79 Å². The highest BCUT2D eigenvalue weighted by Gasteiger charge is 2.11. The molecule has 0 aliphatic heterocycles. The van der Waals surface area contributed by atoms with Crippen molar-refractivity contribution in [1.29, 1.82) is 0 Å². The van der Waals surface area contributed by atoms with E-state index in [1.54, 1.807) is 0 Å². The van der Waals surface area contributed by atoms with Gasteiger partial charge in [-0.05, 0) is 54.5 Å². The van der Waals surface area contributed by atoms with Crippen molar-refractivity contribution < 1.29 is 14.3 Å². The third kappa shape index (κ3) is 10.3. The molecule has 0 atom stereocenters. The Balaban J connectivity index is 1.34. The minimum absolute atomic E-state index is 0.0787. The minimum Gasteiger partial charge on any atom is -0.494 e. The van der Waals surface area contributed by atoms with Crippen molar-refractivity contribution in [2.75, 3.05) is 13.2 Å². The van der Waals surface area contributed by atoms with E-state index in [0.29, 0.717) is 6.61 Å². The molecule has 0 aliphatic carbocycles. The lowest BCUT2D eigenvalue weighted by molar-refractivity contribution is -0.137. The molecular formula is C35H47NO4. The molecule has 0 radical (unpaired) electrons. The maximum Gasteiger partial charge on any atom is 0.330 e. The molecular weight excluding hydrogens is 498 g/mol. The van der Waals surface area contributed by atoms with Crippen molar-refractivity contribution in [2.24, 2.45) is 0 Å². The highest BCUT2D eigenvalue weighted by Crippen LogP contribution is 2.24. The monoisotopic (exact) mass is 545 g/mol. The van der Waals surface area contributed by atoms with Crippen LogP contribution in [0.3, 0.4) is 0 Å². The van der Waals surface area contributed by atoms with Crippen LogP contribution in [0.25, 0.3) is 22.0 Å². The average molecular weight is 546 g/mol. The summed E-state index contributed by atoms with van der Waals surface area (Å²) in [6, 6.07) is 18.2. The van der Waals surface area contributed by atoms with Crippen LogP contribution in [0.2, 0.25) is 0 Å². The van der Waals surface area contributed by atoms with Gasteiger partial charge in [0.25, 0.3) is 5.56 Å². The molecule has 1 heterocycles. The van der Waals surface area contributed by atoms with E-state index in [0.717, 1.165) is 79.5 Å². The molecule has 0 amide bonds. The van der Waals surface area contributed by atoms with Gasteiger partial charge in [-0.2, -0.15) is 0 Å². The number of nitrogens with zero attached hydrogens (tertiary/aromatic N) is 1. The summed E-state index contributed by atoms with van der Waals surface area (Å²) in [7, 11) is 0. The van der Waals surface area contributed by atoms with Crippen molar-refractivity contribution >= 4 is 16.9 Å². The predicted molar refractivity (Wildman–Crippen MR) is 166 cm³/mol. The molecule has 0 fully saturated rings. The number of ether oxygens (including phenoxy) is 2. The molecule has 0 saturated carbocycles. The lowest BCUT2D eigenvalue weighted by Gasteiger charge is -2.13. The number of carbonyl (C=O) groups excluding carboxylic acids is 1. The molecule has 5 nitrogen and oxygen atoms in total. The summed E-state index contributed by atoms with van der Waals surface area (Å²) in [4.78, 5) is 24.4. The lowest BCUT2D eigenvalue weighted by Crippen LogP contribution is -2.22. The number of aromatic nitrogens is 1. The molecule has 40 heavy (non-hydrogen) atoms. The highest BCUT2D eigenvalue weighted by atomic mass is 16.5. The summed E-state index contributed by atoms with van der Waals surface area (Å²) in [5, 5.41) is 1.10. The third-order valence-electron chi connectivity index (χ3n) is 7.37. The number of rotatable bonds is 20. The van der Waals surface area contributed by atoms with E-state index in [-0.39, 0.29) is 11.5 Å². The maximum atomic E-state index is 13.4. The zero-order valence-corrected chi connectivity index (χ0v) is 24.4. The first-order valence-electron chi connectivity index (χ1n) is 15.3. The Morgan fingerprint density at radius 1 is 0.800 bits per heavy atom. The smallest absolute Gasteiger partial charge is 0.330 e. The van der Waals surface area contributed by atoms with E-state index >= 15 is 0 Å².